The van der Waals surface area contributed by atoms with Gasteiger partial charge in [-0.15, -0.1) is 0 Å². The standard InChI is InChI=1S/C15H20N2O2/c1-10(18)11-4-2-6-13(8-11)17-15(19)14-7-3-5-12(14)9-16/h2,4,6,8,12,14H,3,5,7,9,16H2,1H3,(H,17,19)/t12-,14-/m1/s1. The first kappa shape index (κ1) is 13.7. The Morgan fingerprint density at radius 3 is 2.84 bits per heavy atom. The summed E-state index contributed by atoms with van der Waals surface area (Å²) >= 11 is 0. The molecule has 1 amide bonds. The number of benzene rings is 1. The molecule has 0 aromatic heterocycles. The summed E-state index contributed by atoms with van der Waals surface area (Å²) in [5, 5.41) is 2.90. The summed E-state index contributed by atoms with van der Waals surface area (Å²) < 4.78 is 0. The molecule has 0 saturated heterocycles. The Morgan fingerprint density at radius 2 is 2.16 bits per heavy atom. The van der Waals surface area contributed by atoms with Gasteiger partial charge < -0.3 is 11.1 Å². The van der Waals surface area contributed by atoms with Gasteiger partial charge in [0.2, 0.25) is 5.91 Å². The lowest BCUT2D eigenvalue weighted by atomic mass is 9.95. The van der Waals surface area contributed by atoms with Gasteiger partial charge in [-0.05, 0) is 44.4 Å². The molecule has 1 aromatic carbocycles. The zero-order chi connectivity index (χ0) is 13.8. The average Bonchev–Trinajstić information content (AvgIpc) is 2.87. The van der Waals surface area contributed by atoms with Crippen molar-refractivity contribution in [2.75, 3.05) is 11.9 Å². The summed E-state index contributed by atoms with van der Waals surface area (Å²) in [6.45, 7) is 2.08. The first-order chi connectivity index (χ1) is 9.11. The van der Waals surface area contributed by atoms with Gasteiger partial charge in [-0.3, -0.25) is 9.59 Å². The van der Waals surface area contributed by atoms with Crippen molar-refractivity contribution in [2.45, 2.75) is 26.2 Å². The fourth-order valence-electron chi connectivity index (χ4n) is 2.72. The normalized spacial score (nSPS) is 22.2. The molecule has 0 radical (unpaired) electrons. The van der Waals surface area contributed by atoms with Crippen molar-refractivity contribution in [1.29, 1.82) is 0 Å². The number of Topliss-reactive ketones (excluding diaryl/α,β-unsaturated/α-hetero) is 1. The first-order valence-corrected chi connectivity index (χ1v) is 6.73. The third-order valence-electron chi connectivity index (χ3n) is 3.84. The molecule has 4 heteroatoms. The van der Waals surface area contributed by atoms with E-state index in [1.165, 1.54) is 6.92 Å². The van der Waals surface area contributed by atoms with E-state index >= 15 is 0 Å². The van der Waals surface area contributed by atoms with Crippen LogP contribution in [0.3, 0.4) is 0 Å². The molecule has 0 aliphatic heterocycles. The summed E-state index contributed by atoms with van der Waals surface area (Å²) in [7, 11) is 0. The van der Waals surface area contributed by atoms with E-state index in [0.717, 1.165) is 19.3 Å². The molecule has 4 nitrogen and oxygen atoms in total. The number of hydrogen-bond donors (Lipinski definition) is 2. The Morgan fingerprint density at radius 1 is 1.37 bits per heavy atom. The van der Waals surface area contributed by atoms with E-state index in [-0.39, 0.29) is 23.5 Å². The van der Waals surface area contributed by atoms with E-state index in [1.54, 1.807) is 24.3 Å². The highest BCUT2D eigenvalue weighted by atomic mass is 16.2. The molecule has 1 aliphatic carbocycles. The summed E-state index contributed by atoms with van der Waals surface area (Å²) in [5.41, 5.74) is 6.99. The number of rotatable bonds is 4. The zero-order valence-electron chi connectivity index (χ0n) is 11.2. The Balaban J connectivity index is 2.06. The Kier molecular flexibility index (Phi) is 4.32. The van der Waals surface area contributed by atoms with Crippen LogP contribution in [0.25, 0.3) is 0 Å². The second-order valence-corrected chi connectivity index (χ2v) is 5.16. The molecule has 1 fully saturated rings. The average molecular weight is 260 g/mol. The van der Waals surface area contributed by atoms with Crippen LogP contribution in [0.2, 0.25) is 0 Å². The van der Waals surface area contributed by atoms with Crippen molar-refractivity contribution in [2.24, 2.45) is 17.6 Å². The third-order valence-corrected chi connectivity index (χ3v) is 3.84. The number of nitrogens with two attached hydrogens (primary N) is 1. The number of nitrogens with one attached hydrogen (secondary N) is 1. The lowest BCUT2D eigenvalue weighted by Crippen LogP contribution is -2.29. The maximum absolute atomic E-state index is 12.2. The SMILES string of the molecule is CC(=O)c1cccc(NC(=O)[C@@H]2CCC[C@@H]2CN)c1. The van der Waals surface area contributed by atoms with Crippen molar-refractivity contribution in [1.82, 2.24) is 0 Å². The van der Waals surface area contributed by atoms with E-state index in [0.29, 0.717) is 17.8 Å². The van der Waals surface area contributed by atoms with Crippen molar-refractivity contribution in [3.05, 3.63) is 29.8 Å². The smallest absolute Gasteiger partial charge is 0.227 e. The van der Waals surface area contributed by atoms with Crippen LogP contribution in [0.5, 0.6) is 0 Å². The van der Waals surface area contributed by atoms with Crippen LogP contribution >= 0.6 is 0 Å². The molecule has 19 heavy (non-hydrogen) atoms. The molecule has 0 spiro atoms. The maximum atomic E-state index is 12.2. The molecule has 0 bridgehead atoms. The fourth-order valence-corrected chi connectivity index (χ4v) is 2.72. The van der Waals surface area contributed by atoms with Gasteiger partial charge in [-0.2, -0.15) is 0 Å². The van der Waals surface area contributed by atoms with E-state index in [2.05, 4.69) is 5.32 Å². The highest BCUT2D eigenvalue weighted by molar-refractivity contribution is 5.97. The molecule has 0 heterocycles. The number of hydrogen-bond acceptors (Lipinski definition) is 3. The molecular formula is C15H20N2O2. The predicted octanol–water partition coefficient (Wildman–Crippen LogP) is 2.20. The van der Waals surface area contributed by atoms with Crippen LogP contribution in [0.15, 0.2) is 24.3 Å². The van der Waals surface area contributed by atoms with Gasteiger partial charge in [0.05, 0.1) is 0 Å². The van der Waals surface area contributed by atoms with Gasteiger partial charge in [0, 0.05) is 17.2 Å². The van der Waals surface area contributed by atoms with E-state index in [9.17, 15) is 9.59 Å². The van der Waals surface area contributed by atoms with E-state index in [4.69, 9.17) is 5.73 Å². The molecule has 102 valence electrons. The van der Waals surface area contributed by atoms with Crippen molar-refractivity contribution < 1.29 is 9.59 Å². The van der Waals surface area contributed by atoms with E-state index in [1.807, 2.05) is 0 Å². The topological polar surface area (TPSA) is 72.2 Å². The lowest BCUT2D eigenvalue weighted by Gasteiger charge is -2.17. The van der Waals surface area contributed by atoms with Crippen molar-refractivity contribution in [3.8, 4) is 0 Å². The Hall–Kier alpha value is -1.68. The van der Waals surface area contributed by atoms with E-state index < -0.39 is 0 Å². The minimum Gasteiger partial charge on any atom is -0.330 e. The Bertz CT molecular complexity index is 485. The second-order valence-electron chi connectivity index (χ2n) is 5.16. The highest BCUT2D eigenvalue weighted by Gasteiger charge is 2.31. The molecule has 2 atom stereocenters. The van der Waals surface area contributed by atoms with Gasteiger partial charge in [-0.1, -0.05) is 18.6 Å². The van der Waals surface area contributed by atoms with Crippen LogP contribution in [0.1, 0.15) is 36.5 Å². The molecule has 1 aromatic rings. The predicted molar refractivity (Wildman–Crippen MR) is 75.0 cm³/mol. The molecule has 0 unspecified atom stereocenters. The number of ketones is 1. The third kappa shape index (κ3) is 3.20. The van der Waals surface area contributed by atoms with Crippen LogP contribution < -0.4 is 11.1 Å². The molecule has 2 rings (SSSR count). The quantitative estimate of drug-likeness (QED) is 0.815. The number of anilines is 1. The summed E-state index contributed by atoms with van der Waals surface area (Å²) in [6.07, 6.45) is 3.00. The van der Waals surface area contributed by atoms with Crippen LogP contribution in [-0.2, 0) is 4.79 Å². The monoisotopic (exact) mass is 260 g/mol. The minimum atomic E-state index is -0.00296. The van der Waals surface area contributed by atoms with Gasteiger partial charge in [0.25, 0.3) is 0 Å². The summed E-state index contributed by atoms with van der Waals surface area (Å²) in [5.74, 6) is 0.312. The first-order valence-electron chi connectivity index (χ1n) is 6.73. The van der Waals surface area contributed by atoms with Crippen LogP contribution in [0.4, 0.5) is 5.69 Å². The summed E-state index contributed by atoms with van der Waals surface area (Å²) in [4.78, 5) is 23.5. The van der Waals surface area contributed by atoms with Crippen LogP contribution in [-0.4, -0.2) is 18.2 Å². The number of carbonyl (C=O) groups is 2. The lowest BCUT2D eigenvalue weighted by molar-refractivity contribution is -0.120. The number of amides is 1. The van der Waals surface area contributed by atoms with Gasteiger partial charge >= 0.3 is 0 Å². The van der Waals surface area contributed by atoms with Crippen molar-refractivity contribution >= 4 is 17.4 Å². The molecule has 3 N–H and O–H groups in total. The summed E-state index contributed by atoms with van der Waals surface area (Å²) in [6, 6.07) is 7.04. The Labute approximate surface area is 113 Å². The zero-order valence-corrected chi connectivity index (χ0v) is 11.2. The molecular weight excluding hydrogens is 240 g/mol. The van der Waals surface area contributed by atoms with Crippen LogP contribution in [0, 0.1) is 11.8 Å². The largest absolute Gasteiger partial charge is 0.330 e. The highest BCUT2D eigenvalue weighted by Crippen LogP contribution is 2.31. The second kappa shape index (κ2) is 5.97. The van der Waals surface area contributed by atoms with Gasteiger partial charge in [-0.25, -0.2) is 0 Å². The molecule has 1 saturated carbocycles. The number of carbonyl (C=O) groups excluding carboxylic acids is 2. The minimum absolute atomic E-state index is 0.00296. The van der Waals surface area contributed by atoms with Crippen molar-refractivity contribution in [3.63, 3.8) is 0 Å². The van der Waals surface area contributed by atoms with Gasteiger partial charge in [0.1, 0.15) is 0 Å². The maximum Gasteiger partial charge on any atom is 0.227 e. The molecule has 1 aliphatic rings. The van der Waals surface area contributed by atoms with Gasteiger partial charge in [0.15, 0.2) is 5.78 Å². The fraction of sp³-hybridized carbons (Fsp3) is 0.467.